The van der Waals surface area contributed by atoms with Gasteiger partial charge in [0, 0.05) is 6.42 Å². The van der Waals surface area contributed by atoms with Crippen molar-refractivity contribution >= 4 is 11.9 Å². The van der Waals surface area contributed by atoms with E-state index in [1.165, 1.54) is 180 Å². The van der Waals surface area contributed by atoms with Gasteiger partial charge in [-0.2, -0.15) is 0 Å². The first-order valence-electron chi connectivity index (χ1n) is 28.9. The Balaban J connectivity index is 4.59. The largest absolute Gasteiger partial charge is 0.462 e. The molecule has 6 nitrogen and oxygen atoms in total. The average molecular weight is 927 g/mol. The fourth-order valence-electron chi connectivity index (χ4n) is 8.86. The molecule has 0 aliphatic heterocycles. The second kappa shape index (κ2) is 53.8. The summed E-state index contributed by atoms with van der Waals surface area (Å²) in [6, 6.07) is -0.714. The molecule has 3 unspecified atom stereocenters. The van der Waals surface area contributed by atoms with Crippen molar-refractivity contribution in [3.63, 3.8) is 0 Å². The Morgan fingerprint density at radius 3 is 1.20 bits per heavy atom. The summed E-state index contributed by atoms with van der Waals surface area (Å²) in [7, 11) is 0. The Morgan fingerprint density at radius 1 is 0.439 bits per heavy atom. The molecule has 0 aromatic rings. The molecule has 0 aromatic heterocycles. The summed E-state index contributed by atoms with van der Waals surface area (Å²) in [6.07, 6.45) is 66.0. The maximum absolute atomic E-state index is 13.3. The van der Waals surface area contributed by atoms with Crippen LogP contribution in [0.5, 0.6) is 0 Å². The average Bonchev–Trinajstić information content (AvgIpc) is 3.31. The number of allylic oxidation sites excluding steroid dienone is 8. The fraction of sp³-hybridized carbons (Fsp3) is 0.833. The zero-order valence-corrected chi connectivity index (χ0v) is 44.1. The first kappa shape index (κ1) is 63.8. The summed E-state index contributed by atoms with van der Waals surface area (Å²) >= 11 is 0. The fourth-order valence-corrected chi connectivity index (χ4v) is 8.86. The van der Waals surface area contributed by atoms with Crippen LogP contribution in [0.25, 0.3) is 0 Å². The number of rotatable bonds is 52. The van der Waals surface area contributed by atoms with Crippen molar-refractivity contribution in [2.45, 2.75) is 315 Å². The van der Waals surface area contributed by atoms with Crippen LogP contribution in [-0.2, 0) is 14.3 Å². The Kier molecular flexibility index (Phi) is 52.0. The smallest absolute Gasteiger partial charge is 0.306 e. The van der Waals surface area contributed by atoms with E-state index in [2.05, 4.69) is 74.7 Å². The van der Waals surface area contributed by atoms with Gasteiger partial charge in [-0.15, -0.1) is 0 Å². The lowest BCUT2D eigenvalue weighted by Gasteiger charge is -2.24. The van der Waals surface area contributed by atoms with Crippen molar-refractivity contribution in [3.05, 3.63) is 48.6 Å². The summed E-state index contributed by atoms with van der Waals surface area (Å²) in [6.45, 7) is 6.47. The predicted octanol–water partition coefficient (Wildman–Crippen LogP) is 17.8. The topological polar surface area (TPSA) is 95.9 Å². The minimum atomic E-state index is -0.798. The van der Waals surface area contributed by atoms with Crippen molar-refractivity contribution in [3.8, 4) is 0 Å². The number of esters is 1. The molecule has 0 rings (SSSR count). The molecule has 3 N–H and O–H groups in total. The van der Waals surface area contributed by atoms with E-state index >= 15 is 0 Å². The lowest BCUT2D eigenvalue weighted by molar-refractivity contribution is -0.151. The molecule has 386 valence electrons. The lowest BCUT2D eigenvalue weighted by Crippen LogP contribution is -2.46. The van der Waals surface area contributed by atoms with Crippen molar-refractivity contribution < 1.29 is 24.5 Å². The van der Waals surface area contributed by atoms with Gasteiger partial charge in [0.2, 0.25) is 5.91 Å². The molecule has 0 bridgehead atoms. The molecule has 0 aliphatic carbocycles. The second-order valence-electron chi connectivity index (χ2n) is 19.8. The highest BCUT2D eigenvalue weighted by Gasteiger charge is 2.24. The number of aliphatic hydroxyl groups is 2. The van der Waals surface area contributed by atoms with Crippen molar-refractivity contribution in [2.24, 2.45) is 0 Å². The van der Waals surface area contributed by atoms with Crippen LogP contribution in [0, 0.1) is 0 Å². The van der Waals surface area contributed by atoms with Gasteiger partial charge in [0.15, 0.2) is 0 Å². The van der Waals surface area contributed by atoms with Gasteiger partial charge < -0.3 is 20.3 Å². The van der Waals surface area contributed by atoms with E-state index < -0.39 is 18.2 Å². The highest BCUT2D eigenvalue weighted by molar-refractivity contribution is 5.77. The van der Waals surface area contributed by atoms with Gasteiger partial charge in [-0.3, -0.25) is 9.59 Å². The first-order chi connectivity index (χ1) is 32.5. The molecule has 66 heavy (non-hydrogen) atoms. The lowest BCUT2D eigenvalue weighted by atomic mass is 10.0. The van der Waals surface area contributed by atoms with E-state index in [4.69, 9.17) is 4.74 Å². The summed E-state index contributed by atoms with van der Waals surface area (Å²) in [5.41, 5.74) is 0. The van der Waals surface area contributed by atoms with Gasteiger partial charge in [0.1, 0.15) is 6.10 Å². The molecule has 0 heterocycles. The number of aliphatic hydroxyl groups excluding tert-OH is 2. The highest BCUT2D eigenvalue weighted by Crippen LogP contribution is 2.18. The van der Waals surface area contributed by atoms with Crippen LogP contribution in [0.2, 0.25) is 0 Å². The van der Waals surface area contributed by atoms with Gasteiger partial charge >= 0.3 is 5.97 Å². The van der Waals surface area contributed by atoms with Crippen molar-refractivity contribution in [1.29, 1.82) is 0 Å². The predicted molar refractivity (Wildman–Crippen MR) is 287 cm³/mol. The molecule has 0 saturated heterocycles. The van der Waals surface area contributed by atoms with Crippen LogP contribution in [-0.4, -0.2) is 46.9 Å². The molecule has 0 aliphatic rings. The standard InChI is InChI=1S/C60H111NO5/c1-4-7-10-13-16-19-22-25-28-30-32-34-37-40-43-46-49-52-58(63)57(55-62)61-59(64)54-56(51-48-45-42-39-36-33-31-29-26-23-20-17-14-11-8-5-2)66-60(65)53-50-47-44-41-38-35-27-24-21-18-15-12-9-6-3/h17,20,23,26,29,31,33,36,56-58,62-63H,4-16,18-19,21-22,24-25,27-28,30,32,34-35,37-55H2,1-3H3,(H,61,64)/b20-17+,26-23+,31-29+,36-33+. The number of carbonyl (C=O) groups excluding carboxylic acids is 2. The van der Waals surface area contributed by atoms with Crippen molar-refractivity contribution in [2.75, 3.05) is 6.61 Å². The maximum Gasteiger partial charge on any atom is 0.306 e. The molecule has 3 atom stereocenters. The monoisotopic (exact) mass is 926 g/mol. The van der Waals surface area contributed by atoms with E-state index in [1.807, 2.05) is 0 Å². The molecule has 0 saturated carbocycles. The van der Waals surface area contributed by atoms with Crippen LogP contribution >= 0.6 is 0 Å². The van der Waals surface area contributed by atoms with E-state index in [1.54, 1.807) is 0 Å². The van der Waals surface area contributed by atoms with E-state index in [-0.39, 0.29) is 24.9 Å². The number of hydrogen-bond acceptors (Lipinski definition) is 5. The summed E-state index contributed by atoms with van der Waals surface area (Å²) in [5.74, 6) is -0.499. The number of carbonyl (C=O) groups is 2. The number of hydrogen-bond donors (Lipinski definition) is 3. The van der Waals surface area contributed by atoms with Crippen LogP contribution in [0.15, 0.2) is 48.6 Å². The zero-order chi connectivity index (χ0) is 48.1. The molecule has 1 amide bonds. The third-order valence-electron chi connectivity index (χ3n) is 13.3. The second-order valence-corrected chi connectivity index (χ2v) is 19.8. The Morgan fingerprint density at radius 2 is 0.773 bits per heavy atom. The normalized spacial score (nSPS) is 13.5. The quantitative estimate of drug-likeness (QED) is 0.0321. The molecular formula is C60H111NO5. The van der Waals surface area contributed by atoms with Gasteiger partial charge in [-0.25, -0.2) is 0 Å². The molecule has 0 fully saturated rings. The number of ether oxygens (including phenoxy) is 1. The first-order valence-corrected chi connectivity index (χ1v) is 28.9. The third-order valence-corrected chi connectivity index (χ3v) is 13.3. The van der Waals surface area contributed by atoms with Crippen LogP contribution in [0.1, 0.15) is 297 Å². The van der Waals surface area contributed by atoms with E-state index in [0.717, 1.165) is 70.6 Å². The van der Waals surface area contributed by atoms with E-state index in [9.17, 15) is 19.8 Å². The van der Waals surface area contributed by atoms with Crippen LogP contribution in [0.3, 0.4) is 0 Å². The Bertz CT molecular complexity index is 1130. The minimum Gasteiger partial charge on any atom is -0.462 e. The Hall–Kier alpha value is -2.18. The zero-order valence-electron chi connectivity index (χ0n) is 44.1. The Labute approximate surface area is 410 Å². The SMILES string of the molecule is CCCCC/C=C/C=C/C=C/C=C/CCCCCC(CC(=O)NC(CO)C(O)CCCCCCCCCCCCCCCCCCC)OC(=O)CCCCCCCCCCCCCCCC. The van der Waals surface area contributed by atoms with Gasteiger partial charge in [-0.05, 0) is 51.4 Å². The molecule has 6 heteroatoms. The van der Waals surface area contributed by atoms with Gasteiger partial charge in [-0.1, -0.05) is 281 Å². The number of amides is 1. The summed E-state index contributed by atoms with van der Waals surface area (Å²) in [4.78, 5) is 26.3. The minimum absolute atomic E-state index is 0.0545. The van der Waals surface area contributed by atoms with Gasteiger partial charge in [0.05, 0.1) is 25.2 Å². The number of nitrogens with one attached hydrogen (secondary N) is 1. The maximum atomic E-state index is 13.3. The van der Waals surface area contributed by atoms with Crippen LogP contribution in [0.4, 0.5) is 0 Å². The van der Waals surface area contributed by atoms with Gasteiger partial charge in [0.25, 0.3) is 0 Å². The molecule has 0 spiro atoms. The number of unbranched alkanes of at least 4 members (excludes halogenated alkanes) is 35. The molecule has 0 radical (unpaired) electrons. The third kappa shape index (κ3) is 48.3. The van der Waals surface area contributed by atoms with Crippen molar-refractivity contribution in [1.82, 2.24) is 5.32 Å². The molecular weight excluding hydrogens is 815 g/mol. The highest BCUT2D eigenvalue weighted by atomic mass is 16.5. The summed E-state index contributed by atoms with van der Waals surface area (Å²) < 4.78 is 5.94. The molecule has 0 aromatic carbocycles. The van der Waals surface area contributed by atoms with Crippen LogP contribution < -0.4 is 5.32 Å². The summed E-state index contributed by atoms with van der Waals surface area (Å²) in [5, 5.41) is 23.9. The van der Waals surface area contributed by atoms with E-state index in [0.29, 0.717) is 19.3 Å².